The summed E-state index contributed by atoms with van der Waals surface area (Å²) in [6.45, 7) is -0.157. The molecule has 0 atom stereocenters. The third-order valence-electron chi connectivity index (χ3n) is 0.634. The zero-order valence-corrected chi connectivity index (χ0v) is 4.77. The molecule has 0 rings (SSSR count). The minimum atomic E-state index is -5.56. The van der Waals surface area contributed by atoms with Crippen LogP contribution in [-0.2, 0) is 0 Å². The minimum Gasteiger partial charge on any atom is -0.223 e. The first-order valence-corrected chi connectivity index (χ1v) is 2.13. The van der Waals surface area contributed by atoms with Crippen LogP contribution in [0.2, 0.25) is 0 Å². The first-order chi connectivity index (χ1) is 4.15. The van der Waals surface area contributed by atoms with Crippen LogP contribution in [0.3, 0.4) is 0 Å². The van der Waals surface area contributed by atoms with E-state index in [1.165, 1.54) is 0 Å². The van der Waals surface area contributed by atoms with Gasteiger partial charge in [0.1, 0.15) is 0 Å². The van der Waals surface area contributed by atoms with Crippen molar-refractivity contribution in [1.82, 2.24) is 0 Å². The molecule has 0 aliphatic rings. The molecule has 1 radical (unpaired) electrons. The van der Waals surface area contributed by atoms with Crippen LogP contribution in [-0.4, -0.2) is 12.1 Å². The third-order valence-corrected chi connectivity index (χ3v) is 0.634. The molecule has 0 aromatic heterocycles. The van der Waals surface area contributed by atoms with Gasteiger partial charge in [0.05, 0.1) is 0 Å². The monoisotopic (exact) mass is 165 g/mol. The Morgan fingerprint density at radius 2 is 1.30 bits per heavy atom. The standard InChI is InChI=1S/C4H3F6/c1-3(6,7)2(5)4(8,9)10/h1H3. The first-order valence-electron chi connectivity index (χ1n) is 2.13. The molecule has 0 saturated carbocycles. The maximum atomic E-state index is 11.5. The third kappa shape index (κ3) is 2.45. The molecule has 10 heavy (non-hydrogen) atoms. The van der Waals surface area contributed by atoms with Crippen molar-refractivity contribution in [2.75, 3.05) is 0 Å². The lowest BCUT2D eigenvalue weighted by Gasteiger charge is -2.16. The van der Waals surface area contributed by atoms with E-state index in [0.29, 0.717) is 0 Å². The van der Waals surface area contributed by atoms with E-state index in [0.717, 1.165) is 0 Å². The predicted octanol–water partition coefficient (Wildman–Crippen LogP) is 2.71. The van der Waals surface area contributed by atoms with E-state index in [9.17, 15) is 26.3 Å². The highest BCUT2D eigenvalue weighted by Crippen LogP contribution is 2.40. The van der Waals surface area contributed by atoms with Crippen LogP contribution in [0, 0.1) is 6.17 Å². The molecule has 0 heterocycles. The van der Waals surface area contributed by atoms with Gasteiger partial charge in [0, 0.05) is 6.92 Å². The van der Waals surface area contributed by atoms with E-state index in [1.807, 2.05) is 0 Å². The zero-order chi connectivity index (χ0) is 8.58. The largest absolute Gasteiger partial charge is 0.432 e. The van der Waals surface area contributed by atoms with Crippen molar-refractivity contribution >= 4 is 0 Å². The number of halogens is 6. The highest BCUT2D eigenvalue weighted by atomic mass is 19.4. The van der Waals surface area contributed by atoms with Crippen LogP contribution >= 0.6 is 0 Å². The molecule has 0 bridgehead atoms. The van der Waals surface area contributed by atoms with E-state index in [2.05, 4.69) is 0 Å². The number of alkyl halides is 5. The summed E-state index contributed by atoms with van der Waals surface area (Å²) < 4.78 is 67.6. The van der Waals surface area contributed by atoms with Crippen molar-refractivity contribution in [3.63, 3.8) is 0 Å². The SMILES string of the molecule is CC(F)(F)[C](F)C(F)(F)F. The summed E-state index contributed by atoms with van der Waals surface area (Å²) in [7, 11) is 0. The van der Waals surface area contributed by atoms with Crippen LogP contribution in [0.1, 0.15) is 6.92 Å². The van der Waals surface area contributed by atoms with Crippen LogP contribution in [0.5, 0.6) is 0 Å². The smallest absolute Gasteiger partial charge is 0.223 e. The van der Waals surface area contributed by atoms with Crippen LogP contribution in [0.25, 0.3) is 0 Å². The first kappa shape index (κ1) is 9.58. The summed E-state index contributed by atoms with van der Waals surface area (Å²) in [6, 6.07) is 0. The molecular weight excluding hydrogens is 162 g/mol. The van der Waals surface area contributed by atoms with Gasteiger partial charge in [-0.25, -0.2) is 13.2 Å². The van der Waals surface area contributed by atoms with E-state index < -0.39 is 18.3 Å². The van der Waals surface area contributed by atoms with E-state index in [-0.39, 0.29) is 6.92 Å². The Morgan fingerprint density at radius 3 is 1.30 bits per heavy atom. The van der Waals surface area contributed by atoms with Crippen molar-refractivity contribution in [3.05, 3.63) is 6.17 Å². The number of hydrogen-bond donors (Lipinski definition) is 0. The van der Waals surface area contributed by atoms with Crippen molar-refractivity contribution in [3.8, 4) is 0 Å². The molecule has 0 saturated heterocycles. The molecule has 0 aliphatic carbocycles. The van der Waals surface area contributed by atoms with Gasteiger partial charge in [-0.05, 0) is 0 Å². The lowest BCUT2D eigenvalue weighted by molar-refractivity contribution is -0.185. The quantitative estimate of drug-likeness (QED) is 0.524. The summed E-state index contributed by atoms with van der Waals surface area (Å²) in [6.07, 6.45) is -8.82. The second-order valence-corrected chi connectivity index (χ2v) is 1.70. The maximum absolute atomic E-state index is 11.5. The topological polar surface area (TPSA) is 0 Å². The van der Waals surface area contributed by atoms with Gasteiger partial charge >= 0.3 is 12.3 Å². The lowest BCUT2D eigenvalue weighted by Crippen LogP contribution is -2.31. The van der Waals surface area contributed by atoms with Crippen molar-refractivity contribution in [2.45, 2.75) is 19.0 Å². The zero-order valence-electron chi connectivity index (χ0n) is 4.77. The van der Waals surface area contributed by atoms with Gasteiger partial charge in [-0.3, -0.25) is 0 Å². The van der Waals surface area contributed by atoms with Gasteiger partial charge in [-0.1, -0.05) is 0 Å². The molecule has 0 N–H and O–H groups in total. The average Bonchev–Trinajstić information content (AvgIpc) is 1.59. The van der Waals surface area contributed by atoms with Gasteiger partial charge in [-0.15, -0.1) is 0 Å². The average molecular weight is 165 g/mol. The molecule has 0 aromatic carbocycles. The second-order valence-electron chi connectivity index (χ2n) is 1.70. The summed E-state index contributed by atoms with van der Waals surface area (Å²) >= 11 is 0. The summed E-state index contributed by atoms with van der Waals surface area (Å²) in [4.78, 5) is 0. The van der Waals surface area contributed by atoms with Gasteiger partial charge in [-0.2, -0.15) is 13.2 Å². The minimum absolute atomic E-state index is 0.157. The molecule has 0 unspecified atom stereocenters. The maximum Gasteiger partial charge on any atom is 0.432 e. The second kappa shape index (κ2) is 2.32. The Balaban J connectivity index is 4.23. The summed E-state index contributed by atoms with van der Waals surface area (Å²) in [5, 5.41) is 0. The number of hydrogen-bond acceptors (Lipinski definition) is 0. The fraction of sp³-hybridized carbons (Fsp3) is 0.750. The lowest BCUT2D eigenvalue weighted by atomic mass is 10.2. The molecule has 6 heteroatoms. The van der Waals surface area contributed by atoms with E-state index in [4.69, 9.17) is 0 Å². The van der Waals surface area contributed by atoms with Gasteiger partial charge < -0.3 is 0 Å². The molecule has 0 nitrogen and oxygen atoms in total. The normalized spacial score (nSPS) is 14.4. The van der Waals surface area contributed by atoms with Crippen LogP contribution in [0.15, 0.2) is 0 Å². The molecule has 0 amide bonds. The van der Waals surface area contributed by atoms with Crippen molar-refractivity contribution < 1.29 is 26.3 Å². The summed E-state index contributed by atoms with van der Waals surface area (Å²) in [5.74, 6) is -4.43. The van der Waals surface area contributed by atoms with E-state index >= 15 is 0 Å². The molecule has 61 valence electrons. The molecule has 0 spiro atoms. The van der Waals surface area contributed by atoms with Gasteiger partial charge in [0.2, 0.25) is 0 Å². The fourth-order valence-electron chi connectivity index (χ4n) is 0.249. The fourth-order valence-corrected chi connectivity index (χ4v) is 0.249. The molecular formula is C4H3F6. The van der Waals surface area contributed by atoms with Gasteiger partial charge in [0.15, 0.2) is 0 Å². The Morgan fingerprint density at radius 1 is 1.00 bits per heavy atom. The van der Waals surface area contributed by atoms with Gasteiger partial charge in [0.25, 0.3) is 5.92 Å². The van der Waals surface area contributed by atoms with Crippen molar-refractivity contribution in [2.24, 2.45) is 0 Å². The number of rotatable bonds is 1. The van der Waals surface area contributed by atoms with Crippen LogP contribution < -0.4 is 0 Å². The Bertz CT molecular complexity index is 93.9. The molecule has 0 fully saturated rings. The Labute approximate surface area is 52.8 Å². The van der Waals surface area contributed by atoms with E-state index in [1.54, 1.807) is 0 Å². The Kier molecular flexibility index (Phi) is 2.22. The van der Waals surface area contributed by atoms with Crippen molar-refractivity contribution in [1.29, 1.82) is 0 Å². The van der Waals surface area contributed by atoms with Crippen LogP contribution in [0.4, 0.5) is 26.3 Å². The highest BCUT2D eigenvalue weighted by Gasteiger charge is 2.55. The molecule has 0 aliphatic heterocycles. The predicted molar refractivity (Wildman–Crippen MR) is 21.0 cm³/mol. The summed E-state index contributed by atoms with van der Waals surface area (Å²) in [5.41, 5.74) is 0. The Hall–Kier alpha value is -0.420. The molecule has 0 aromatic rings. The highest BCUT2D eigenvalue weighted by molar-refractivity contribution is 4.96.